The van der Waals surface area contributed by atoms with E-state index in [2.05, 4.69) is 15.9 Å². The SMILES string of the molecule is O=C(O)Cc1c(O)cc(Cl)cc1Br. The third-order valence-electron chi connectivity index (χ3n) is 1.46. The number of carboxylic acids is 1. The highest BCUT2D eigenvalue weighted by molar-refractivity contribution is 9.10. The molecule has 70 valence electrons. The van der Waals surface area contributed by atoms with Crippen molar-refractivity contribution in [2.24, 2.45) is 0 Å². The third kappa shape index (κ3) is 2.60. The Labute approximate surface area is 88.1 Å². The van der Waals surface area contributed by atoms with Crippen LogP contribution >= 0.6 is 27.5 Å². The van der Waals surface area contributed by atoms with Crippen molar-refractivity contribution in [2.75, 3.05) is 0 Å². The normalized spacial score (nSPS) is 10.0. The van der Waals surface area contributed by atoms with Gasteiger partial charge in [0, 0.05) is 15.1 Å². The van der Waals surface area contributed by atoms with Crippen molar-refractivity contribution in [3.8, 4) is 5.75 Å². The molecule has 2 N–H and O–H groups in total. The van der Waals surface area contributed by atoms with E-state index in [-0.39, 0.29) is 12.2 Å². The van der Waals surface area contributed by atoms with Gasteiger partial charge in [0.1, 0.15) is 5.75 Å². The third-order valence-corrected chi connectivity index (χ3v) is 2.39. The summed E-state index contributed by atoms with van der Waals surface area (Å²) >= 11 is 8.74. The van der Waals surface area contributed by atoms with Crippen LogP contribution in [-0.2, 0) is 11.2 Å². The molecule has 0 spiro atoms. The first-order valence-corrected chi connectivity index (χ1v) is 4.56. The van der Waals surface area contributed by atoms with E-state index in [9.17, 15) is 9.90 Å². The number of hydrogen-bond donors (Lipinski definition) is 2. The fourth-order valence-electron chi connectivity index (χ4n) is 0.916. The molecule has 1 rings (SSSR count). The van der Waals surface area contributed by atoms with Gasteiger partial charge in [-0.3, -0.25) is 4.79 Å². The number of phenolic OH excluding ortho intramolecular Hbond substituents is 1. The number of carboxylic acid groups (broad SMARTS) is 1. The Morgan fingerprint density at radius 1 is 1.54 bits per heavy atom. The van der Waals surface area contributed by atoms with E-state index >= 15 is 0 Å². The summed E-state index contributed by atoms with van der Waals surface area (Å²) in [6.45, 7) is 0. The van der Waals surface area contributed by atoms with Crippen LogP contribution in [0.15, 0.2) is 16.6 Å². The molecule has 0 saturated heterocycles. The van der Waals surface area contributed by atoms with Gasteiger partial charge >= 0.3 is 5.97 Å². The van der Waals surface area contributed by atoms with E-state index in [4.69, 9.17) is 16.7 Å². The Morgan fingerprint density at radius 3 is 2.62 bits per heavy atom. The van der Waals surface area contributed by atoms with E-state index in [1.54, 1.807) is 6.07 Å². The highest BCUT2D eigenvalue weighted by Gasteiger charge is 2.11. The smallest absolute Gasteiger partial charge is 0.308 e. The topological polar surface area (TPSA) is 57.5 Å². The first-order valence-electron chi connectivity index (χ1n) is 3.39. The minimum Gasteiger partial charge on any atom is -0.508 e. The fourth-order valence-corrected chi connectivity index (χ4v) is 1.85. The number of carbonyl (C=O) groups is 1. The molecule has 0 aliphatic heterocycles. The molecule has 0 unspecified atom stereocenters. The zero-order valence-electron chi connectivity index (χ0n) is 6.42. The van der Waals surface area contributed by atoms with Crippen molar-refractivity contribution in [3.63, 3.8) is 0 Å². The number of hydrogen-bond acceptors (Lipinski definition) is 2. The van der Waals surface area contributed by atoms with Crippen LogP contribution < -0.4 is 0 Å². The molecule has 1 aromatic rings. The van der Waals surface area contributed by atoms with E-state index in [1.165, 1.54) is 6.07 Å². The summed E-state index contributed by atoms with van der Waals surface area (Å²) in [6.07, 6.45) is -0.233. The first kappa shape index (κ1) is 10.3. The van der Waals surface area contributed by atoms with E-state index in [0.29, 0.717) is 15.1 Å². The molecule has 0 aliphatic rings. The average Bonchev–Trinajstić information content (AvgIpc) is 1.96. The van der Waals surface area contributed by atoms with E-state index in [1.807, 2.05) is 0 Å². The molecule has 0 fully saturated rings. The van der Waals surface area contributed by atoms with Gasteiger partial charge < -0.3 is 10.2 Å². The van der Waals surface area contributed by atoms with Crippen molar-refractivity contribution in [3.05, 3.63) is 27.2 Å². The maximum atomic E-state index is 10.4. The van der Waals surface area contributed by atoms with Crippen LogP contribution in [0, 0.1) is 0 Å². The van der Waals surface area contributed by atoms with Crippen molar-refractivity contribution < 1.29 is 15.0 Å². The van der Waals surface area contributed by atoms with Crippen LogP contribution in [0.4, 0.5) is 0 Å². The van der Waals surface area contributed by atoms with Crippen LogP contribution in [0.1, 0.15) is 5.56 Å². The molecule has 0 radical (unpaired) electrons. The lowest BCUT2D eigenvalue weighted by molar-refractivity contribution is -0.136. The van der Waals surface area contributed by atoms with Gasteiger partial charge in [-0.15, -0.1) is 0 Å². The molecule has 1 aromatic carbocycles. The number of rotatable bonds is 2. The Balaban J connectivity index is 3.13. The van der Waals surface area contributed by atoms with Crippen molar-refractivity contribution in [1.82, 2.24) is 0 Å². The summed E-state index contributed by atoms with van der Waals surface area (Å²) in [5, 5.41) is 18.2. The lowest BCUT2D eigenvalue weighted by Gasteiger charge is -2.04. The quantitative estimate of drug-likeness (QED) is 0.863. The Bertz CT molecular complexity index is 328. The molecule has 0 aromatic heterocycles. The number of benzene rings is 1. The van der Waals surface area contributed by atoms with Gasteiger partial charge in [-0.2, -0.15) is 0 Å². The molecule has 0 bridgehead atoms. The summed E-state index contributed by atoms with van der Waals surface area (Å²) in [7, 11) is 0. The summed E-state index contributed by atoms with van der Waals surface area (Å²) in [4.78, 5) is 10.4. The zero-order valence-corrected chi connectivity index (χ0v) is 8.76. The Hall–Kier alpha value is -0.740. The van der Waals surface area contributed by atoms with Crippen molar-refractivity contribution >= 4 is 33.5 Å². The molecule has 13 heavy (non-hydrogen) atoms. The van der Waals surface area contributed by atoms with Gasteiger partial charge in [0.25, 0.3) is 0 Å². The molecule has 5 heteroatoms. The van der Waals surface area contributed by atoms with Gasteiger partial charge in [0.05, 0.1) is 6.42 Å². The first-order chi connectivity index (χ1) is 6.00. The standard InChI is InChI=1S/C8H6BrClO3/c9-6-1-4(10)2-7(11)5(6)3-8(12)13/h1-2,11H,3H2,(H,12,13). The van der Waals surface area contributed by atoms with Gasteiger partial charge in [-0.05, 0) is 12.1 Å². The van der Waals surface area contributed by atoms with Crippen LogP contribution in [0.5, 0.6) is 5.75 Å². The van der Waals surface area contributed by atoms with Gasteiger partial charge in [0.2, 0.25) is 0 Å². The van der Waals surface area contributed by atoms with Gasteiger partial charge in [-0.25, -0.2) is 0 Å². The number of aromatic hydroxyl groups is 1. The molecule has 0 aliphatic carbocycles. The summed E-state index contributed by atoms with van der Waals surface area (Å²) < 4.78 is 0.500. The molecule has 3 nitrogen and oxygen atoms in total. The predicted molar refractivity (Wildman–Crippen MR) is 52.2 cm³/mol. The predicted octanol–water partition coefficient (Wildman–Crippen LogP) is 2.44. The second-order valence-electron chi connectivity index (χ2n) is 2.46. The Kier molecular flexibility index (Phi) is 3.17. The maximum Gasteiger partial charge on any atom is 0.308 e. The van der Waals surface area contributed by atoms with E-state index < -0.39 is 5.97 Å². The molecule has 0 saturated carbocycles. The lowest BCUT2D eigenvalue weighted by atomic mass is 10.1. The minimum atomic E-state index is -1.00. The maximum absolute atomic E-state index is 10.4. The molecular weight excluding hydrogens is 259 g/mol. The summed E-state index contributed by atoms with van der Waals surface area (Å²) in [6, 6.07) is 2.85. The van der Waals surface area contributed by atoms with Gasteiger partial charge in [0.15, 0.2) is 0 Å². The summed E-state index contributed by atoms with van der Waals surface area (Å²) in [5.74, 6) is -1.11. The molecule has 0 atom stereocenters. The molecule has 0 heterocycles. The number of aliphatic carboxylic acids is 1. The fraction of sp³-hybridized carbons (Fsp3) is 0.125. The number of halogens is 2. The second-order valence-corrected chi connectivity index (χ2v) is 3.75. The van der Waals surface area contributed by atoms with Crippen LogP contribution in [0.25, 0.3) is 0 Å². The zero-order chi connectivity index (χ0) is 10.0. The highest BCUT2D eigenvalue weighted by atomic mass is 79.9. The van der Waals surface area contributed by atoms with Gasteiger partial charge in [-0.1, -0.05) is 27.5 Å². The molecule has 0 amide bonds. The second kappa shape index (κ2) is 3.98. The monoisotopic (exact) mass is 264 g/mol. The van der Waals surface area contributed by atoms with Crippen molar-refractivity contribution in [1.29, 1.82) is 0 Å². The summed E-state index contributed by atoms with van der Waals surface area (Å²) in [5.41, 5.74) is 0.330. The van der Waals surface area contributed by atoms with Crippen molar-refractivity contribution in [2.45, 2.75) is 6.42 Å². The van der Waals surface area contributed by atoms with E-state index in [0.717, 1.165) is 0 Å². The van der Waals surface area contributed by atoms with Crippen LogP contribution in [0.2, 0.25) is 5.02 Å². The highest BCUT2D eigenvalue weighted by Crippen LogP contribution is 2.30. The number of phenols is 1. The molecular formula is C8H6BrClO3. The minimum absolute atomic E-state index is 0.109. The lowest BCUT2D eigenvalue weighted by Crippen LogP contribution is -2.01. The van der Waals surface area contributed by atoms with Crippen LogP contribution in [0.3, 0.4) is 0 Å². The Morgan fingerprint density at radius 2 is 2.15 bits per heavy atom. The van der Waals surface area contributed by atoms with Crippen LogP contribution in [-0.4, -0.2) is 16.2 Å². The average molecular weight is 265 g/mol. The largest absolute Gasteiger partial charge is 0.508 e.